The Hall–Kier alpha value is -1.68. The van der Waals surface area contributed by atoms with Crippen LogP contribution < -0.4 is 4.80 Å². The number of carbonyl (C=O) groups excluding carboxylic acids is 1. The monoisotopic (exact) mass is 246 g/mol. The highest BCUT2D eigenvalue weighted by molar-refractivity contribution is 7.07. The first-order chi connectivity index (χ1) is 8.22. The van der Waals surface area contributed by atoms with Crippen LogP contribution in [0, 0.1) is 6.92 Å². The smallest absolute Gasteiger partial charge is 0.279 e. The van der Waals surface area contributed by atoms with E-state index in [4.69, 9.17) is 0 Å². The molecule has 0 atom stereocenters. The third-order valence-corrected chi connectivity index (χ3v) is 3.37. The number of nitrogens with zero attached hydrogens (tertiary/aromatic N) is 2. The Labute approximate surface area is 104 Å². The molecule has 1 heterocycles. The molecule has 2 rings (SSSR count). The van der Waals surface area contributed by atoms with Crippen LogP contribution in [-0.4, -0.2) is 10.5 Å². The summed E-state index contributed by atoms with van der Waals surface area (Å²) in [7, 11) is 0. The number of aryl methyl sites for hydroxylation is 2. The molecule has 0 saturated heterocycles. The van der Waals surface area contributed by atoms with Crippen LogP contribution >= 0.6 is 11.3 Å². The molecule has 0 aliphatic heterocycles. The predicted molar refractivity (Wildman–Crippen MR) is 69.1 cm³/mol. The highest BCUT2D eigenvalue weighted by Crippen LogP contribution is 2.08. The Morgan fingerprint density at radius 1 is 1.41 bits per heavy atom. The molecule has 0 spiro atoms. The maximum absolute atomic E-state index is 12.0. The van der Waals surface area contributed by atoms with Gasteiger partial charge in [-0.05, 0) is 25.5 Å². The Bertz CT molecular complexity index is 595. The van der Waals surface area contributed by atoms with Crippen molar-refractivity contribution in [2.75, 3.05) is 0 Å². The summed E-state index contributed by atoms with van der Waals surface area (Å²) in [5.41, 5.74) is 1.63. The van der Waals surface area contributed by atoms with E-state index in [-0.39, 0.29) is 5.91 Å². The molecule has 0 aliphatic rings. The number of hydrogen-bond acceptors (Lipinski definition) is 2. The highest BCUT2D eigenvalue weighted by atomic mass is 32.1. The van der Waals surface area contributed by atoms with Crippen LogP contribution in [0.5, 0.6) is 0 Å². The minimum absolute atomic E-state index is 0.173. The summed E-state index contributed by atoms with van der Waals surface area (Å²) in [5, 5.41) is 1.94. The van der Waals surface area contributed by atoms with Gasteiger partial charge in [0, 0.05) is 23.7 Å². The van der Waals surface area contributed by atoms with E-state index in [0.717, 1.165) is 16.9 Å². The summed E-state index contributed by atoms with van der Waals surface area (Å²) in [6.07, 6.45) is 1.94. The second-order valence-corrected chi connectivity index (χ2v) is 4.58. The van der Waals surface area contributed by atoms with Crippen molar-refractivity contribution in [3.63, 3.8) is 0 Å². The van der Waals surface area contributed by atoms with Crippen molar-refractivity contribution in [2.45, 2.75) is 20.4 Å². The van der Waals surface area contributed by atoms with Crippen LogP contribution in [0.2, 0.25) is 0 Å². The molecule has 0 N–H and O–H groups in total. The average Bonchev–Trinajstić information content (AvgIpc) is 2.76. The first-order valence-corrected chi connectivity index (χ1v) is 6.39. The summed E-state index contributed by atoms with van der Waals surface area (Å²) in [5.74, 6) is -0.173. The lowest BCUT2D eigenvalue weighted by Gasteiger charge is -2.00. The molecule has 0 radical (unpaired) electrons. The van der Waals surface area contributed by atoms with Gasteiger partial charge in [0.05, 0.1) is 0 Å². The standard InChI is InChI=1S/C13H14N2OS/c1-3-15-8-9-17-13(15)14-12(16)11-7-5-4-6-10(11)2/h4-9H,3H2,1-2H3. The van der Waals surface area contributed by atoms with E-state index in [2.05, 4.69) is 4.99 Å². The fourth-order valence-electron chi connectivity index (χ4n) is 1.59. The predicted octanol–water partition coefficient (Wildman–Crippen LogP) is 2.62. The number of amides is 1. The van der Waals surface area contributed by atoms with Crippen molar-refractivity contribution in [3.8, 4) is 0 Å². The van der Waals surface area contributed by atoms with Gasteiger partial charge in [-0.25, -0.2) is 0 Å². The molecule has 4 heteroatoms. The second-order valence-electron chi connectivity index (χ2n) is 3.70. The van der Waals surface area contributed by atoms with Crippen LogP contribution in [0.1, 0.15) is 22.8 Å². The molecule has 1 amide bonds. The normalized spacial score (nSPS) is 11.8. The molecular formula is C13H14N2OS. The largest absolute Gasteiger partial charge is 0.324 e. The fraction of sp³-hybridized carbons (Fsp3) is 0.231. The van der Waals surface area contributed by atoms with Crippen LogP contribution in [0.4, 0.5) is 0 Å². The van der Waals surface area contributed by atoms with Crippen molar-refractivity contribution < 1.29 is 4.79 Å². The van der Waals surface area contributed by atoms with E-state index in [0.29, 0.717) is 5.56 Å². The summed E-state index contributed by atoms with van der Waals surface area (Å²) in [6.45, 7) is 4.78. The van der Waals surface area contributed by atoms with Gasteiger partial charge >= 0.3 is 0 Å². The molecule has 1 aromatic heterocycles. The van der Waals surface area contributed by atoms with E-state index in [9.17, 15) is 4.79 Å². The summed E-state index contributed by atoms with van der Waals surface area (Å²) < 4.78 is 1.96. The number of hydrogen-bond donors (Lipinski definition) is 0. The molecule has 0 aliphatic carbocycles. The summed E-state index contributed by atoms with van der Waals surface area (Å²) in [6, 6.07) is 7.51. The van der Waals surface area contributed by atoms with Gasteiger partial charge in [-0.2, -0.15) is 4.99 Å². The zero-order chi connectivity index (χ0) is 12.3. The molecule has 0 saturated carbocycles. The van der Waals surface area contributed by atoms with Crippen molar-refractivity contribution in [1.82, 2.24) is 4.57 Å². The summed E-state index contributed by atoms with van der Waals surface area (Å²) >= 11 is 1.48. The number of rotatable bonds is 2. The van der Waals surface area contributed by atoms with Gasteiger partial charge < -0.3 is 4.57 Å². The second kappa shape index (κ2) is 5.10. The Morgan fingerprint density at radius 3 is 2.88 bits per heavy atom. The number of aromatic nitrogens is 1. The van der Waals surface area contributed by atoms with Gasteiger partial charge in [-0.3, -0.25) is 4.79 Å². The molecule has 1 aromatic carbocycles. The SMILES string of the molecule is CCn1ccsc1=NC(=O)c1ccccc1C. The molecule has 0 fully saturated rings. The molecule has 0 bridgehead atoms. The molecule has 0 unspecified atom stereocenters. The molecule has 17 heavy (non-hydrogen) atoms. The number of thiazole rings is 1. The lowest BCUT2D eigenvalue weighted by molar-refractivity contribution is 0.0997. The van der Waals surface area contributed by atoms with Crippen molar-refractivity contribution in [1.29, 1.82) is 0 Å². The number of benzene rings is 1. The minimum Gasteiger partial charge on any atom is -0.324 e. The van der Waals surface area contributed by atoms with Gasteiger partial charge in [-0.15, -0.1) is 11.3 Å². The van der Waals surface area contributed by atoms with Crippen LogP contribution in [-0.2, 0) is 6.54 Å². The van der Waals surface area contributed by atoms with Crippen LogP contribution in [0.15, 0.2) is 40.8 Å². The van der Waals surface area contributed by atoms with E-state index in [1.165, 1.54) is 11.3 Å². The Kier molecular flexibility index (Phi) is 3.54. The quantitative estimate of drug-likeness (QED) is 0.802. The topological polar surface area (TPSA) is 34.4 Å². The van der Waals surface area contributed by atoms with Gasteiger partial charge in [0.2, 0.25) is 0 Å². The molecule has 2 aromatic rings. The first-order valence-electron chi connectivity index (χ1n) is 5.51. The lowest BCUT2D eigenvalue weighted by atomic mass is 10.1. The van der Waals surface area contributed by atoms with Gasteiger partial charge in [-0.1, -0.05) is 18.2 Å². The molecule has 3 nitrogen and oxygen atoms in total. The summed E-state index contributed by atoms with van der Waals surface area (Å²) in [4.78, 5) is 16.9. The zero-order valence-corrected chi connectivity index (χ0v) is 10.7. The van der Waals surface area contributed by atoms with E-state index >= 15 is 0 Å². The number of carbonyl (C=O) groups is 1. The highest BCUT2D eigenvalue weighted by Gasteiger charge is 2.06. The minimum atomic E-state index is -0.173. The van der Waals surface area contributed by atoms with Gasteiger partial charge in [0.25, 0.3) is 5.91 Å². The first kappa shape index (κ1) is 11.8. The maximum atomic E-state index is 12.0. The average molecular weight is 246 g/mol. The van der Waals surface area contributed by atoms with E-state index in [1.54, 1.807) is 0 Å². The van der Waals surface area contributed by atoms with Crippen molar-refractivity contribution in [3.05, 3.63) is 51.8 Å². The van der Waals surface area contributed by atoms with E-state index in [1.807, 2.05) is 54.3 Å². The van der Waals surface area contributed by atoms with E-state index < -0.39 is 0 Å². The lowest BCUT2D eigenvalue weighted by Crippen LogP contribution is -2.15. The van der Waals surface area contributed by atoms with Gasteiger partial charge in [0.1, 0.15) is 0 Å². The maximum Gasteiger partial charge on any atom is 0.279 e. The van der Waals surface area contributed by atoms with Crippen molar-refractivity contribution in [2.24, 2.45) is 4.99 Å². The zero-order valence-electron chi connectivity index (χ0n) is 9.88. The van der Waals surface area contributed by atoms with Crippen LogP contribution in [0.3, 0.4) is 0 Å². The Balaban J connectivity index is 2.41. The molecular weight excluding hydrogens is 232 g/mol. The Morgan fingerprint density at radius 2 is 2.18 bits per heavy atom. The van der Waals surface area contributed by atoms with Crippen molar-refractivity contribution >= 4 is 17.2 Å². The molecule has 88 valence electrons. The third kappa shape index (κ3) is 2.53. The third-order valence-electron chi connectivity index (χ3n) is 2.57. The van der Waals surface area contributed by atoms with Gasteiger partial charge in [0.15, 0.2) is 4.80 Å². The van der Waals surface area contributed by atoms with Crippen LogP contribution in [0.25, 0.3) is 0 Å². The fourth-order valence-corrected chi connectivity index (χ4v) is 2.38.